The SMILES string of the molecule is C=CC(C(C)C)N(C)C.C=CCCC(C)(C)Cc1c(-c2cccnc2C(C)C)n(CC)c2ccc(-c3cc(C)cc(CC(CCCCCNN)NC)c3)cc12.C=CCN(C)C(=C)CCNCC(=C)N(C)C. The Labute approximate surface area is 434 Å². The molecule has 4 aromatic rings. The fourth-order valence-corrected chi connectivity index (χ4v) is 9.35. The highest BCUT2D eigenvalue weighted by Gasteiger charge is 2.27. The van der Waals surface area contributed by atoms with Crippen LogP contribution in [0.3, 0.4) is 0 Å². The third kappa shape index (κ3) is 20.7. The molecule has 2 atom stereocenters. The number of allylic oxidation sites excluding steroid dienone is 1. The molecule has 71 heavy (non-hydrogen) atoms. The quantitative estimate of drug-likeness (QED) is 0.0178. The molecule has 0 fully saturated rings. The van der Waals surface area contributed by atoms with Crippen LogP contribution in [0.25, 0.3) is 33.3 Å². The molecule has 0 aliphatic heterocycles. The van der Waals surface area contributed by atoms with E-state index in [9.17, 15) is 0 Å². The van der Waals surface area contributed by atoms with Gasteiger partial charge in [-0.1, -0.05) is 116 Å². The molecule has 9 nitrogen and oxygen atoms in total. The average Bonchev–Trinajstić information content (AvgIpc) is 3.62. The predicted octanol–water partition coefficient (Wildman–Crippen LogP) is 12.9. The monoisotopic (exact) mass is 972 g/mol. The topological polar surface area (TPSA) is 89.6 Å². The van der Waals surface area contributed by atoms with E-state index >= 15 is 0 Å². The van der Waals surface area contributed by atoms with Crippen molar-refractivity contribution in [2.45, 2.75) is 138 Å². The summed E-state index contributed by atoms with van der Waals surface area (Å²) in [7, 11) is 12.3. The molecule has 394 valence electrons. The van der Waals surface area contributed by atoms with Crippen molar-refractivity contribution in [3.8, 4) is 22.4 Å². The van der Waals surface area contributed by atoms with E-state index in [-0.39, 0.29) is 5.41 Å². The number of aromatic nitrogens is 2. The van der Waals surface area contributed by atoms with Crippen LogP contribution in [0.5, 0.6) is 0 Å². The number of hydrazine groups is 1. The summed E-state index contributed by atoms with van der Waals surface area (Å²) < 4.78 is 2.53. The molecule has 2 unspecified atom stereocenters. The van der Waals surface area contributed by atoms with Crippen LogP contribution in [-0.2, 0) is 19.4 Å². The number of benzene rings is 2. The molecule has 0 saturated carbocycles. The van der Waals surface area contributed by atoms with Crippen molar-refractivity contribution in [2.75, 3.05) is 68.5 Å². The zero-order valence-corrected chi connectivity index (χ0v) is 47.5. The van der Waals surface area contributed by atoms with E-state index in [2.05, 4.69) is 194 Å². The lowest BCUT2D eigenvalue weighted by atomic mass is 9.80. The fraction of sp³-hybridized carbons (Fsp3) is 0.532. The van der Waals surface area contributed by atoms with Crippen LogP contribution in [0.2, 0.25) is 0 Å². The molecule has 0 amide bonds. The average molecular weight is 973 g/mol. The van der Waals surface area contributed by atoms with Crippen molar-refractivity contribution in [3.63, 3.8) is 0 Å². The summed E-state index contributed by atoms with van der Waals surface area (Å²) in [6, 6.07) is 19.6. The Bertz CT molecular complexity index is 2220. The molecule has 0 aliphatic carbocycles. The molecule has 4 rings (SSSR count). The van der Waals surface area contributed by atoms with Gasteiger partial charge in [0, 0.05) is 100 Å². The van der Waals surface area contributed by atoms with Gasteiger partial charge in [0.05, 0.1) is 11.4 Å². The summed E-state index contributed by atoms with van der Waals surface area (Å²) in [6.45, 7) is 42.1. The smallest absolute Gasteiger partial charge is 0.0542 e. The Hall–Kier alpha value is -4.77. The minimum Gasteiger partial charge on any atom is -0.380 e. The number of aryl methyl sites for hydroxylation is 2. The van der Waals surface area contributed by atoms with Gasteiger partial charge < -0.3 is 29.9 Å². The van der Waals surface area contributed by atoms with E-state index in [1.807, 2.05) is 44.4 Å². The molecular formula is C62H101N9. The zero-order valence-electron chi connectivity index (χ0n) is 47.5. The zero-order chi connectivity index (χ0) is 53.3. The van der Waals surface area contributed by atoms with E-state index < -0.39 is 0 Å². The lowest BCUT2D eigenvalue weighted by Crippen LogP contribution is -2.30. The lowest BCUT2D eigenvalue weighted by molar-refractivity contribution is 0.280. The number of unbranched alkanes of at least 4 members (excludes halogenated alkanes) is 2. The minimum absolute atomic E-state index is 0.130. The number of nitrogens with one attached hydrogen (secondary N) is 3. The van der Waals surface area contributed by atoms with Crippen LogP contribution in [0, 0.1) is 18.3 Å². The number of likely N-dealkylation sites (N-methyl/N-ethyl adjacent to an activating group) is 4. The van der Waals surface area contributed by atoms with Gasteiger partial charge in [-0.15, -0.1) is 19.7 Å². The molecule has 0 bridgehead atoms. The minimum atomic E-state index is 0.130. The molecule has 0 aliphatic rings. The maximum Gasteiger partial charge on any atom is 0.0542 e. The third-order valence-electron chi connectivity index (χ3n) is 13.6. The summed E-state index contributed by atoms with van der Waals surface area (Å²) in [4.78, 5) is 11.2. The Balaban J connectivity index is 0.000000567. The summed E-state index contributed by atoms with van der Waals surface area (Å²) in [5.74, 6) is 6.45. The van der Waals surface area contributed by atoms with Gasteiger partial charge in [0.1, 0.15) is 0 Å². The summed E-state index contributed by atoms with van der Waals surface area (Å²) in [6.07, 6.45) is 17.7. The van der Waals surface area contributed by atoms with Crippen LogP contribution < -0.4 is 21.9 Å². The Morgan fingerprint density at radius 1 is 0.887 bits per heavy atom. The van der Waals surface area contributed by atoms with E-state index in [0.717, 1.165) is 82.6 Å². The van der Waals surface area contributed by atoms with E-state index in [1.165, 1.54) is 74.9 Å². The number of pyridine rings is 1. The number of nitrogens with zero attached hydrogens (tertiary/aromatic N) is 5. The second-order valence-electron chi connectivity index (χ2n) is 21.3. The largest absolute Gasteiger partial charge is 0.380 e. The molecule has 0 spiro atoms. The standard InChI is InChI=1S/C41H59N5.C13H25N3.C8H17N/c1-9-11-20-41(6,7)28-37-36-27-32(18-19-38(36)46(10-2)40(37)35-17-15-21-44-39(35)29(3)4)33-24-30(5)23-31(25-33)26-34(43-8)16-13-12-14-22-45-42;1-7-10-16(6)12(2)8-9-14-11-13(3)15(4)5;1-6-8(7(2)3)9(4)5/h9,15,17-19,21,23-25,27,29,34,43,45H,1,10-14,16,20,22,26,28,42H2,2-8H3;7,14H,1-3,8-11H2,4-6H3;6-8H,1H2,2-5H3. The number of fused-ring (bicyclic) bond motifs is 1. The van der Waals surface area contributed by atoms with Crippen molar-refractivity contribution in [3.05, 3.63) is 140 Å². The Morgan fingerprint density at radius 2 is 1.61 bits per heavy atom. The highest BCUT2D eigenvalue weighted by molar-refractivity contribution is 5.95. The first kappa shape index (κ1) is 62.3. The van der Waals surface area contributed by atoms with Gasteiger partial charge in [-0.3, -0.25) is 16.3 Å². The molecule has 0 radical (unpaired) electrons. The van der Waals surface area contributed by atoms with E-state index in [1.54, 1.807) is 0 Å². The fourth-order valence-electron chi connectivity index (χ4n) is 9.35. The third-order valence-corrected chi connectivity index (χ3v) is 13.6. The first-order chi connectivity index (χ1) is 33.7. The molecule has 2 aromatic carbocycles. The van der Waals surface area contributed by atoms with Gasteiger partial charge in [0.25, 0.3) is 0 Å². The Kier molecular flexibility index (Phi) is 28.4. The van der Waals surface area contributed by atoms with Gasteiger partial charge in [-0.2, -0.15) is 0 Å². The van der Waals surface area contributed by atoms with Gasteiger partial charge in [0.2, 0.25) is 0 Å². The van der Waals surface area contributed by atoms with Crippen LogP contribution in [0.1, 0.15) is 122 Å². The van der Waals surface area contributed by atoms with Crippen molar-refractivity contribution in [1.29, 1.82) is 0 Å². The highest BCUT2D eigenvalue weighted by Crippen LogP contribution is 2.42. The molecular weight excluding hydrogens is 871 g/mol. The van der Waals surface area contributed by atoms with E-state index in [4.69, 9.17) is 10.8 Å². The number of rotatable bonds is 30. The summed E-state index contributed by atoms with van der Waals surface area (Å²) in [5.41, 5.74) is 16.9. The summed E-state index contributed by atoms with van der Waals surface area (Å²) >= 11 is 0. The van der Waals surface area contributed by atoms with E-state index in [0.29, 0.717) is 23.9 Å². The van der Waals surface area contributed by atoms with Gasteiger partial charge in [0.15, 0.2) is 0 Å². The number of hydrogen-bond acceptors (Lipinski definition) is 8. The second kappa shape index (κ2) is 32.3. The molecule has 9 heteroatoms. The van der Waals surface area contributed by atoms with Gasteiger partial charge >= 0.3 is 0 Å². The second-order valence-corrected chi connectivity index (χ2v) is 21.3. The summed E-state index contributed by atoms with van der Waals surface area (Å²) in [5, 5.41) is 8.28. The first-order valence-corrected chi connectivity index (χ1v) is 26.5. The first-order valence-electron chi connectivity index (χ1n) is 26.5. The molecule has 5 N–H and O–H groups in total. The number of hydrogen-bond donors (Lipinski definition) is 4. The maximum absolute atomic E-state index is 5.45. The predicted molar refractivity (Wildman–Crippen MR) is 314 cm³/mol. The van der Waals surface area contributed by atoms with Crippen molar-refractivity contribution < 1.29 is 0 Å². The maximum atomic E-state index is 5.45. The van der Waals surface area contributed by atoms with Gasteiger partial charge in [-0.25, -0.2) is 0 Å². The van der Waals surface area contributed by atoms with Crippen molar-refractivity contribution in [1.82, 2.24) is 40.3 Å². The van der Waals surface area contributed by atoms with Crippen LogP contribution in [-0.4, -0.2) is 105 Å². The van der Waals surface area contributed by atoms with Gasteiger partial charge in [-0.05, 0) is 144 Å². The Morgan fingerprint density at radius 3 is 2.17 bits per heavy atom. The van der Waals surface area contributed by atoms with Crippen LogP contribution in [0.4, 0.5) is 0 Å². The highest BCUT2D eigenvalue weighted by atomic mass is 15.2. The molecule has 2 heterocycles. The van der Waals surface area contributed by atoms with Crippen molar-refractivity contribution >= 4 is 10.9 Å². The lowest BCUT2D eigenvalue weighted by Gasteiger charge is -2.25. The molecule has 0 saturated heterocycles. The normalized spacial score (nSPS) is 12.3. The van der Waals surface area contributed by atoms with Crippen LogP contribution >= 0.6 is 0 Å². The number of nitrogens with two attached hydrogens (primary N) is 1. The van der Waals surface area contributed by atoms with Crippen LogP contribution in [0.15, 0.2) is 117 Å². The molecule has 2 aromatic heterocycles. The van der Waals surface area contributed by atoms with Crippen molar-refractivity contribution in [2.24, 2.45) is 17.2 Å².